The van der Waals surface area contributed by atoms with Crippen molar-refractivity contribution in [1.29, 1.82) is 0 Å². The van der Waals surface area contributed by atoms with Crippen LogP contribution in [0.5, 0.6) is 0 Å². The maximum atomic E-state index is 13.3. The fraction of sp³-hybridized carbons (Fsp3) is 0.0556. The molecule has 6 nitrogen and oxygen atoms in total. The first kappa shape index (κ1) is 17.4. The van der Waals surface area contributed by atoms with Crippen LogP contribution in [0, 0.1) is 5.82 Å². The topological polar surface area (TPSA) is 73.6 Å². The molecule has 0 bridgehead atoms. The molecule has 0 unspecified atom stereocenters. The maximum absolute atomic E-state index is 13.3. The zero-order chi connectivity index (χ0) is 18.8. The summed E-state index contributed by atoms with van der Waals surface area (Å²) in [6.07, 6.45) is 2.60. The van der Waals surface area contributed by atoms with Crippen molar-refractivity contribution in [3.05, 3.63) is 81.6 Å². The van der Waals surface area contributed by atoms with Gasteiger partial charge in [0.15, 0.2) is 5.01 Å². The van der Waals surface area contributed by atoms with E-state index >= 15 is 0 Å². The molecule has 0 saturated carbocycles. The predicted molar refractivity (Wildman–Crippen MR) is 101 cm³/mol. The Labute approximate surface area is 161 Å². The third-order valence-corrected chi connectivity index (χ3v) is 4.91. The molecule has 4 rings (SSSR count). The molecule has 3 heterocycles. The quantitative estimate of drug-likeness (QED) is 0.523. The average Bonchev–Trinajstić information content (AvgIpc) is 3.14. The van der Waals surface area contributed by atoms with Crippen LogP contribution in [0.15, 0.2) is 59.7 Å². The molecule has 0 aliphatic heterocycles. The summed E-state index contributed by atoms with van der Waals surface area (Å²) >= 11 is 7.36. The van der Waals surface area contributed by atoms with E-state index in [0.717, 1.165) is 11.8 Å². The fourth-order valence-electron chi connectivity index (χ4n) is 2.46. The van der Waals surface area contributed by atoms with E-state index < -0.39 is 5.82 Å². The van der Waals surface area contributed by atoms with Gasteiger partial charge in [0.05, 0.1) is 12.7 Å². The number of rotatable bonds is 4. The van der Waals surface area contributed by atoms with Crippen molar-refractivity contribution in [2.75, 3.05) is 0 Å². The Morgan fingerprint density at radius 1 is 1.07 bits per heavy atom. The lowest BCUT2D eigenvalue weighted by Crippen LogP contribution is -2.23. The first-order valence-electron chi connectivity index (χ1n) is 7.86. The Bertz CT molecular complexity index is 1180. The second-order valence-corrected chi connectivity index (χ2v) is 7.06. The van der Waals surface area contributed by atoms with Gasteiger partial charge in [0.25, 0.3) is 5.56 Å². The number of hydrogen-bond donors (Lipinski definition) is 0. The van der Waals surface area contributed by atoms with Crippen LogP contribution in [0.25, 0.3) is 21.3 Å². The van der Waals surface area contributed by atoms with E-state index in [-0.39, 0.29) is 12.1 Å². The van der Waals surface area contributed by atoms with Crippen LogP contribution in [0.3, 0.4) is 0 Å². The summed E-state index contributed by atoms with van der Waals surface area (Å²) in [6.45, 7) is 0.109. The first-order chi connectivity index (χ1) is 13.1. The van der Waals surface area contributed by atoms with E-state index in [1.807, 2.05) is 12.1 Å². The van der Waals surface area contributed by atoms with Gasteiger partial charge >= 0.3 is 0 Å². The smallest absolute Gasteiger partial charge is 0.267 e. The van der Waals surface area contributed by atoms with Crippen molar-refractivity contribution in [3.8, 4) is 21.3 Å². The largest absolute Gasteiger partial charge is 0.268 e. The summed E-state index contributed by atoms with van der Waals surface area (Å²) < 4.78 is 14.6. The van der Waals surface area contributed by atoms with Crippen LogP contribution in [-0.4, -0.2) is 25.0 Å². The zero-order valence-electron chi connectivity index (χ0n) is 13.7. The average molecular weight is 400 g/mol. The second-order valence-electron chi connectivity index (χ2n) is 5.65. The van der Waals surface area contributed by atoms with E-state index in [1.165, 1.54) is 34.3 Å². The minimum atomic E-state index is -0.466. The third-order valence-electron chi connectivity index (χ3n) is 3.68. The lowest BCUT2D eigenvalue weighted by atomic mass is 10.2. The Balaban J connectivity index is 1.66. The number of benzene rings is 1. The van der Waals surface area contributed by atoms with Crippen LogP contribution < -0.4 is 5.56 Å². The Hall–Kier alpha value is -2.97. The fourth-order valence-corrected chi connectivity index (χ4v) is 3.45. The van der Waals surface area contributed by atoms with E-state index in [2.05, 4.69) is 20.3 Å². The van der Waals surface area contributed by atoms with Gasteiger partial charge < -0.3 is 0 Å². The number of pyridine rings is 1. The van der Waals surface area contributed by atoms with Crippen molar-refractivity contribution in [2.24, 2.45) is 0 Å². The number of halogens is 2. The summed E-state index contributed by atoms with van der Waals surface area (Å²) in [5, 5.41) is 14.5. The van der Waals surface area contributed by atoms with Crippen LogP contribution in [0.2, 0.25) is 5.02 Å². The summed E-state index contributed by atoms with van der Waals surface area (Å²) in [6, 6.07) is 11.6. The molecule has 9 heteroatoms. The molecule has 0 amide bonds. The van der Waals surface area contributed by atoms with Crippen LogP contribution in [0.4, 0.5) is 4.39 Å². The van der Waals surface area contributed by atoms with E-state index in [9.17, 15) is 9.18 Å². The van der Waals surface area contributed by atoms with Crippen LogP contribution in [-0.2, 0) is 6.54 Å². The molecule has 0 fully saturated rings. The van der Waals surface area contributed by atoms with E-state index in [1.54, 1.807) is 18.2 Å². The molecular formula is C18H11ClFN5OS. The number of aromatic nitrogens is 5. The highest BCUT2D eigenvalue weighted by atomic mass is 35.5. The third kappa shape index (κ3) is 3.91. The zero-order valence-corrected chi connectivity index (χ0v) is 15.3. The minimum absolute atomic E-state index is 0.109. The minimum Gasteiger partial charge on any atom is -0.268 e. The van der Waals surface area contributed by atoms with E-state index in [4.69, 9.17) is 11.6 Å². The molecule has 134 valence electrons. The predicted octanol–water partition coefficient (Wildman–Crippen LogP) is 3.66. The summed E-state index contributed by atoms with van der Waals surface area (Å²) in [4.78, 5) is 15.9. The molecule has 0 radical (unpaired) electrons. The summed E-state index contributed by atoms with van der Waals surface area (Å²) in [5.74, 6) is -0.466. The lowest BCUT2D eigenvalue weighted by Gasteiger charge is -2.05. The molecule has 0 aliphatic carbocycles. The SMILES string of the molecule is O=c1ccc(-c2nnc(-c3cccc(Cl)c3)s2)nn1Cc1cncc(F)c1. The van der Waals surface area contributed by atoms with Crippen molar-refractivity contribution in [1.82, 2.24) is 25.0 Å². The van der Waals surface area contributed by atoms with Gasteiger partial charge in [0.2, 0.25) is 0 Å². The molecule has 1 aromatic carbocycles. The van der Waals surface area contributed by atoms with Crippen molar-refractivity contribution in [3.63, 3.8) is 0 Å². The van der Waals surface area contributed by atoms with E-state index in [0.29, 0.717) is 26.3 Å². The standard InChI is InChI=1S/C18H11ClFN5OS/c19-13-3-1-2-12(7-13)17-22-23-18(27-17)15-4-5-16(26)25(24-15)10-11-6-14(20)9-21-8-11/h1-9H,10H2. The molecule has 3 aromatic heterocycles. The Morgan fingerprint density at radius 3 is 2.74 bits per heavy atom. The second kappa shape index (κ2) is 7.34. The molecule has 0 N–H and O–H groups in total. The molecule has 4 aromatic rings. The lowest BCUT2D eigenvalue weighted by molar-refractivity contribution is 0.604. The highest BCUT2D eigenvalue weighted by molar-refractivity contribution is 7.17. The normalized spacial score (nSPS) is 10.9. The highest BCUT2D eigenvalue weighted by Crippen LogP contribution is 2.29. The van der Waals surface area contributed by atoms with Gasteiger partial charge in [0.1, 0.15) is 16.5 Å². The molecule has 0 saturated heterocycles. The van der Waals surface area contributed by atoms with Crippen molar-refractivity contribution < 1.29 is 4.39 Å². The van der Waals surface area contributed by atoms with Gasteiger partial charge in [0, 0.05) is 22.8 Å². The molecule has 0 atom stereocenters. The van der Waals surface area contributed by atoms with Gasteiger partial charge in [-0.05, 0) is 29.8 Å². The summed E-state index contributed by atoms with van der Waals surface area (Å²) in [5.41, 5.74) is 1.59. The first-order valence-corrected chi connectivity index (χ1v) is 9.05. The maximum Gasteiger partial charge on any atom is 0.267 e. The van der Waals surface area contributed by atoms with Crippen molar-refractivity contribution >= 4 is 22.9 Å². The Kier molecular flexibility index (Phi) is 4.74. The van der Waals surface area contributed by atoms with Crippen LogP contribution in [0.1, 0.15) is 5.56 Å². The molecule has 0 spiro atoms. The van der Waals surface area contributed by atoms with Gasteiger partial charge in [-0.3, -0.25) is 9.78 Å². The van der Waals surface area contributed by atoms with Crippen molar-refractivity contribution in [2.45, 2.75) is 6.54 Å². The molecular weight excluding hydrogens is 389 g/mol. The summed E-state index contributed by atoms with van der Waals surface area (Å²) in [7, 11) is 0. The van der Waals surface area contributed by atoms with Gasteiger partial charge in [-0.2, -0.15) is 5.10 Å². The van der Waals surface area contributed by atoms with Gasteiger partial charge in [-0.15, -0.1) is 10.2 Å². The van der Waals surface area contributed by atoms with Gasteiger partial charge in [-0.25, -0.2) is 9.07 Å². The van der Waals surface area contributed by atoms with Gasteiger partial charge in [-0.1, -0.05) is 35.1 Å². The monoisotopic (exact) mass is 399 g/mol. The Morgan fingerprint density at radius 2 is 1.93 bits per heavy atom. The molecule has 27 heavy (non-hydrogen) atoms. The number of nitrogens with zero attached hydrogens (tertiary/aromatic N) is 5. The van der Waals surface area contributed by atoms with Crippen LogP contribution >= 0.6 is 22.9 Å². The number of hydrogen-bond acceptors (Lipinski definition) is 6. The molecule has 0 aliphatic rings. The highest BCUT2D eigenvalue weighted by Gasteiger charge is 2.12.